The number of phenols is 1. The van der Waals surface area contributed by atoms with Gasteiger partial charge in [0.2, 0.25) is 0 Å². The van der Waals surface area contributed by atoms with Crippen molar-refractivity contribution in [3.63, 3.8) is 0 Å². The molecule has 0 saturated carbocycles. The second-order valence-corrected chi connectivity index (χ2v) is 15.4. The van der Waals surface area contributed by atoms with Gasteiger partial charge in [-0.25, -0.2) is 4.79 Å². The lowest BCUT2D eigenvalue weighted by molar-refractivity contribution is -0.384. The molecule has 2 atom stereocenters. The van der Waals surface area contributed by atoms with E-state index in [-0.39, 0.29) is 68.2 Å². The smallest absolute Gasteiger partial charge is 0.337 e. The molecule has 5 rings (SSSR count). The van der Waals surface area contributed by atoms with Gasteiger partial charge >= 0.3 is 5.97 Å². The van der Waals surface area contributed by atoms with Gasteiger partial charge in [0.05, 0.1) is 46.7 Å². The summed E-state index contributed by atoms with van der Waals surface area (Å²) in [7, 11) is 2.42. The van der Waals surface area contributed by atoms with Crippen molar-refractivity contribution in [2.24, 2.45) is 0 Å². The van der Waals surface area contributed by atoms with Crippen molar-refractivity contribution < 1.29 is 62.5 Å². The molecule has 0 fully saturated rings. The molecule has 0 unspecified atom stereocenters. The molecule has 6 N–H and O–H groups in total. The number of nitro groups is 1. The number of carbonyl (C=O) groups excluding carboxylic acids is 7. The Morgan fingerprint density at radius 3 is 1.63 bits per heavy atom. The van der Waals surface area contributed by atoms with Crippen LogP contribution in [-0.4, -0.2) is 89.9 Å². The summed E-state index contributed by atoms with van der Waals surface area (Å²) in [6.45, 7) is 8.06. The number of anilines is 4. The van der Waals surface area contributed by atoms with Crippen molar-refractivity contribution in [1.82, 2.24) is 5.32 Å². The average Bonchev–Trinajstić information content (AvgIpc) is 3.30. The fraction of sp³-hybridized carbons (Fsp3) is 0.229. The quantitative estimate of drug-likeness (QED) is 0.0284. The van der Waals surface area contributed by atoms with Crippen molar-refractivity contribution >= 4 is 69.7 Å². The van der Waals surface area contributed by atoms with Gasteiger partial charge in [0, 0.05) is 47.3 Å². The van der Waals surface area contributed by atoms with Gasteiger partial charge in [-0.2, -0.15) is 0 Å². The first-order valence-electron chi connectivity index (χ1n) is 20.7. The molecule has 0 aliphatic rings. The van der Waals surface area contributed by atoms with E-state index in [2.05, 4.69) is 26.6 Å². The second-order valence-electron chi connectivity index (χ2n) is 15.4. The summed E-state index contributed by atoms with van der Waals surface area (Å²) in [5.41, 5.74) is 0.922. The van der Waals surface area contributed by atoms with Crippen LogP contribution in [0.5, 0.6) is 17.2 Å². The third-order valence-electron chi connectivity index (χ3n) is 9.69. The third-order valence-corrected chi connectivity index (χ3v) is 9.69. The second kappa shape index (κ2) is 22.5. The van der Waals surface area contributed by atoms with Gasteiger partial charge in [0.25, 0.3) is 35.2 Å². The van der Waals surface area contributed by atoms with Gasteiger partial charge in [-0.1, -0.05) is 0 Å². The van der Waals surface area contributed by atoms with Crippen LogP contribution < -0.4 is 36.1 Å². The molecule has 0 radical (unpaired) electrons. The van der Waals surface area contributed by atoms with E-state index in [1.165, 1.54) is 124 Å². The van der Waals surface area contributed by atoms with Crippen molar-refractivity contribution in [1.29, 1.82) is 0 Å². The number of nitrogens with zero attached hydrogens (tertiary/aromatic N) is 1. The molecule has 0 aliphatic carbocycles. The molecule has 0 aromatic heterocycles. The molecule has 68 heavy (non-hydrogen) atoms. The minimum atomic E-state index is -1.50. The highest BCUT2D eigenvalue weighted by Gasteiger charge is 2.34. The van der Waals surface area contributed by atoms with E-state index >= 15 is 0 Å². The van der Waals surface area contributed by atoms with Crippen LogP contribution in [0.1, 0.15) is 86.4 Å². The number of rotatable bonds is 19. The molecule has 20 nitrogen and oxygen atoms in total. The Labute approximate surface area is 389 Å². The number of nitro benzene ring substituents is 1. The predicted molar refractivity (Wildman–Crippen MR) is 249 cm³/mol. The lowest BCUT2D eigenvalue weighted by Gasteiger charge is -2.24. The highest BCUT2D eigenvalue weighted by Crippen LogP contribution is 2.40. The van der Waals surface area contributed by atoms with Crippen molar-refractivity contribution in [3.8, 4) is 17.2 Å². The van der Waals surface area contributed by atoms with E-state index in [0.29, 0.717) is 5.69 Å². The van der Waals surface area contributed by atoms with E-state index in [9.17, 15) is 48.8 Å². The average molecular weight is 933 g/mol. The summed E-state index contributed by atoms with van der Waals surface area (Å²) < 4.78 is 21.8. The van der Waals surface area contributed by atoms with Gasteiger partial charge in [0.1, 0.15) is 11.8 Å². The zero-order chi connectivity index (χ0) is 49.8. The molecule has 5 aromatic carbocycles. The van der Waals surface area contributed by atoms with Gasteiger partial charge < -0.3 is 50.6 Å². The van der Waals surface area contributed by atoms with Crippen LogP contribution in [-0.2, 0) is 19.1 Å². The number of ketones is 1. The summed E-state index contributed by atoms with van der Waals surface area (Å²) in [6.07, 6.45) is -2.33. The van der Waals surface area contributed by atoms with Crippen LogP contribution in [0.15, 0.2) is 103 Å². The zero-order valence-electron chi connectivity index (χ0n) is 37.8. The molecule has 0 spiro atoms. The molecule has 5 aromatic rings. The monoisotopic (exact) mass is 932 g/mol. The normalized spacial score (nSPS) is 11.7. The summed E-state index contributed by atoms with van der Waals surface area (Å²) in [4.78, 5) is 101. The highest BCUT2D eigenvalue weighted by atomic mass is 16.6. The number of esters is 1. The van der Waals surface area contributed by atoms with E-state index in [0.717, 1.165) is 0 Å². The summed E-state index contributed by atoms with van der Waals surface area (Å²) in [5.74, 6) is -5.26. The fourth-order valence-electron chi connectivity index (χ4n) is 6.38. The van der Waals surface area contributed by atoms with Crippen LogP contribution >= 0.6 is 0 Å². The summed E-state index contributed by atoms with van der Waals surface area (Å²) in [6, 6.07) is 21.8. The Balaban J connectivity index is 1.23. The first kappa shape index (κ1) is 50.4. The SMILES string of the molecule is COC(=O)c1ccc(NC(=O)c2ccc(NC(=O)c3ccc(NC(=O)[C@@H](OC)[C@H](NC(=O)c4ccc(NC(=O)c5ccc([N+](=O)[O-])cc5)cc4)C(C)=O)cc3)c(OC(C)C)c2O)c(OC(C)C)c1. The predicted octanol–water partition coefficient (Wildman–Crippen LogP) is 6.76. The van der Waals surface area contributed by atoms with E-state index in [4.69, 9.17) is 18.9 Å². The standard InChI is InChI=1S/C48H48N6O14/c1-25(2)67-38-24-31(48(62)66-7)14-22-36(38)51-46(60)35-21-23-37(41(40(35)56)68-26(3)4)52-44(58)28-8-17-33(18-9-28)50-47(61)42(65-6)39(27(5)55)53-45(59)29-10-15-32(16-11-29)49-43(57)30-12-19-34(20-13-30)54(63)64/h8-26,39,42,56H,1-7H3,(H,49,57)(H,50,61)(H,51,60)(H,52,58)(H,53,59)/t39-,42+/m1/s1. The van der Waals surface area contributed by atoms with Crippen molar-refractivity contribution in [3.05, 3.63) is 141 Å². The first-order valence-corrected chi connectivity index (χ1v) is 20.7. The Morgan fingerprint density at radius 1 is 0.603 bits per heavy atom. The maximum absolute atomic E-state index is 13.5. The number of hydrogen-bond donors (Lipinski definition) is 6. The number of aromatic hydroxyl groups is 1. The topological polar surface area (TPSA) is 280 Å². The van der Waals surface area contributed by atoms with Crippen LogP contribution in [0.3, 0.4) is 0 Å². The highest BCUT2D eigenvalue weighted by molar-refractivity contribution is 6.10. The fourth-order valence-corrected chi connectivity index (χ4v) is 6.38. The summed E-state index contributed by atoms with van der Waals surface area (Å²) >= 11 is 0. The summed E-state index contributed by atoms with van der Waals surface area (Å²) in [5, 5.41) is 35.3. The lowest BCUT2D eigenvalue weighted by Crippen LogP contribution is -2.53. The number of Topliss-reactive ketones (excluding diaryl/α,β-unsaturated/α-hetero) is 1. The number of nitrogens with one attached hydrogen (secondary N) is 5. The Morgan fingerprint density at radius 2 is 1.10 bits per heavy atom. The zero-order valence-corrected chi connectivity index (χ0v) is 37.8. The number of methoxy groups -OCH3 is 2. The number of benzene rings is 5. The van der Waals surface area contributed by atoms with Crippen molar-refractivity contribution in [2.75, 3.05) is 35.5 Å². The Bertz CT molecular complexity index is 2720. The first-order chi connectivity index (χ1) is 32.3. The number of amides is 5. The van der Waals surface area contributed by atoms with E-state index in [1.54, 1.807) is 27.7 Å². The Kier molecular flexibility index (Phi) is 16.7. The molecule has 5 amide bonds. The van der Waals surface area contributed by atoms with Crippen LogP contribution in [0.4, 0.5) is 28.4 Å². The number of phenolic OH excluding ortho intramolecular Hbond substituents is 1. The number of non-ortho nitro benzene ring substituents is 1. The van der Waals surface area contributed by atoms with Gasteiger partial charge in [-0.3, -0.25) is 38.9 Å². The maximum Gasteiger partial charge on any atom is 0.337 e. The van der Waals surface area contributed by atoms with E-state index in [1.807, 2.05) is 0 Å². The maximum atomic E-state index is 13.5. The molecule has 20 heteroatoms. The molecular weight excluding hydrogens is 885 g/mol. The molecular formula is C48H48N6O14. The van der Waals surface area contributed by atoms with Gasteiger partial charge in [-0.15, -0.1) is 0 Å². The number of ether oxygens (including phenoxy) is 4. The van der Waals surface area contributed by atoms with E-state index < -0.39 is 70.2 Å². The molecule has 354 valence electrons. The lowest BCUT2D eigenvalue weighted by atomic mass is 10.0. The number of hydrogen-bond acceptors (Lipinski definition) is 14. The minimum Gasteiger partial charge on any atom is -0.504 e. The number of carbonyl (C=O) groups is 7. The molecule has 0 aliphatic heterocycles. The minimum absolute atomic E-state index is 0.0315. The van der Waals surface area contributed by atoms with Crippen LogP contribution in [0, 0.1) is 10.1 Å². The van der Waals surface area contributed by atoms with Crippen LogP contribution in [0.2, 0.25) is 0 Å². The molecule has 0 saturated heterocycles. The van der Waals surface area contributed by atoms with Crippen molar-refractivity contribution in [2.45, 2.75) is 59.0 Å². The third kappa shape index (κ3) is 12.8. The van der Waals surface area contributed by atoms with Gasteiger partial charge in [-0.05, 0) is 126 Å². The Hall–Kier alpha value is -8.65. The van der Waals surface area contributed by atoms with Crippen LogP contribution in [0.25, 0.3) is 0 Å². The molecule has 0 heterocycles. The van der Waals surface area contributed by atoms with Gasteiger partial charge in [0.15, 0.2) is 23.4 Å². The molecule has 0 bridgehead atoms. The largest absolute Gasteiger partial charge is 0.504 e.